The minimum Gasteiger partial charge on any atom is -0.330 e. The van der Waals surface area contributed by atoms with Crippen molar-refractivity contribution in [2.75, 3.05) is 19.6 Å². The molecule has 0 saturated carbocycles. The van der Waals surface area contributed by atoms with Crippen LogP contribution in [0.3, 0.4) is 0 Å². The Morgan fingerprint density at radius 1 is 1.41 bits per heavy atom. The molecule has 4 nitrogen and oxygen atoms in total. The maximum Gasteiger partial charge on any atom is 0.223 e. The van der Waals surface area contributed by atoms with Crippen LogP contribution in [0.1, 0.15) is 42.5 Å². The van der Waals surface area contributed by atoms with Gasteiger partial charge in [0.15, 0.2) is 5.78 Å². The Labute approximate surface area is 106 Å². The van der Waals surface area contributed by atoms with Gasteiger partial charge in [-0.25, -0.2) is 0 Å². The van der Waals surface area contributed by atoms with E-state index >= 15 is 0 Å². The van der Waals surface area contributed by atoms with E-state index in [2.05, 4.69) is 5.32 Å². The smallest absolute Gasteiger partial charge is 0.223 e. The van der Waals surface area contributed by atoms with E-state index in [0.717, 1.165) is 6.54 Å². The van der Waals surface area contributed by atoms with Gasteiger partial charge in [-0.05, 0) is 12.8 Å². The summed E-state index contributed by atoms with van der Waals surface area (Å²) in [6, 6.07) is -0.259. The van der Waals surface area contributed by atoms with Crippen molar-refractivity contribution < 1.29 is 11.0 Å². The minimum absolute atomic E-state index is 0. The van der Waals surface area contributed by atoms with Crippen LogP contribution in [0.2, 0.25) is 0 Å². The first kappa shape index (κ1) is 16.1. The van der Waals surface area contributed by atoms with Crippen LogP contribution in [-0.4, -0.2) is 42.3 Å². The van der Waals surface area contributed by atoms with Crippen molar-refractivity contribution in [2.45, 2.75) is 47.1 Å². The van der Waals surface area contributed by atoms with Gasteiger partial charge in [0.25, 0.3) is 0 Å². The maximum absolute atomic E-state index is 11.9. The van der Waals surface area contributed by atoms with E-state index in [1.165, 1.54) is 0 Å². The third-order valence-corrected chi connectivity index (χ3v) is 2.62. The van der Waals surface area contributed by atoms with Gasteiger partial charge < -0.3 is 10.2 Å². The lowest BCUT2D eigenvalue weighted by Gasteiger charge is -2.35. The minimum atomic E-state index is -0.259. The van der Waals surface area contributed by atoms with Crippen LogP contribution in [0.25, 0.3) is 0 Å². The Hall–Kier alpha value is -0.900. The fraction of sp³-hybridized carbons (Fsp3) is 0.846. The summed E-state index contributed by atoms with van der Waals surface area (Å²) >= 11 is 0. The molecule has 102 valence electrons. The quantitative estimate of drug-likeness (QED) is 0.822. The van der Waals surface area contributed by atoms with Crippen LogP contribution in [0.5, 0.6) is 0 Å². The predicted molar refractivity (Wildman–Crippen MR) is 72.0 cm³/mol. The highest BCUT2D eigenvalue weighted by Gasteiger charge is 2.29. The molecule has 0 aromatic rings. The molecule has 0 radical (unpaired) electrons. The summed E-state index contributed by atoms with van der Waals surface area (Å²) in [6.45, 7) is 11.6. The number of piperazine rings is 1. The number of nitrogens with one attached hydrogen (secondary N) is 1. The molecule has 1 amide bonds. The van der Waals surface area contributed by atoms with Gasteiger partial charge in [-0.2, -0.15) is 0 Å². The molecule has 1 aliphatic rings. The number of amides is 1. The molecule has 1 heterocycles. The summed E-state index contributed by atoms with van der Waals surface area (Å²) in [6.07, 6.45) is 0.532. The van der Waals surface area contributed by atoms with Gasteiger partial charge in [0.1, 0.15) is 6.04 Å². The van der Waals surface area contributed by atoms with E-state index in [-0.39, 0.29) is 19.2 Å². The molecule has 1 fully saturated rings. The zero-order chi connectivity index (χ0) is 13.4. The van der Waals surface area contributed by atoms with Gasteiger partial charge in [-0.3, -0.25) is 9.59 Å². The summed E-state index contributed by atoms with van der Waals surface area (Å²) in [4.78, 5) is 25.0. The second-order valence-corrected chi connectivity index (χ2v) is 4.52. The molecule has 17 heavy (non-hydrogen) atoms. The SMILES string of the molecule is CC.CC(=O)[C@@H]1CNCCN1C(=O)CC(C)C.[HH]. The van der Waals surface area contributed by atoms with Crippen molar-refractivity contribution >= 4 is 11.7 Å². The van der Waals surface area contributed by atoms with E-state index in [4.69, 9.17) is 0 Å². The van der Waals surface area contributed by atoms with Crippen LogP contribution in [0, 0.1) is 5.92 Å². The van der Waals surface area contributed by atoms with E-state index in [1.54, 1.807) is 11.8 Å². The number of nitrogens with zero attached hydrogens (tertiary/aromatic N) is 1. The fourth-order valence-electron chi connectivity index (χ4n) is 1.83. The van der Waals surface area contributed by atoms with Crippen LogP contribution < -0.4 is 5.32 Å². The lowest BCUT2D eigenvalue weighted by atomic mass is 10.1. The van der Waals surface area contributed by atoms with Gasteiger partial charge in [0, 0.05) is 27.5 Å². The standard InChI is InChI=1S/C11H20N2O2.C2H6.H2/c1-8(2)6-11(15)13-5-4-12-7-10(13)9(3)14;1-2;/h8,10,12H,4-7H2,1-3H3;1-2H3;1H/t10-;;/m0../s1. The Bertz CT molecular complexity index is 257. The summed E-state index contributed by atoms with van der Waals surface area (Å²) in [7, 11) is 0. The summed E-state index contributed by atoms with van der Waals surface area (Å²) in [5.41, 5.74) is 0. The van der Waals surface area contributed by atoms with Crippen molar-refractivity contribution in [3.05, 3.63) is 0 Å². The predicted octanol–water partition coefficient (Wildman–Crippen LogP) is 1.69. The molecule has 0 spiro atoms. The van der Waals surface area contributed by atoms with E-state index < -0.39 is 0 Å². The fourth-order valence-corrected chi connectivity index (χ4v) is 1.83. The molecule has 0 bridgehead atoms. The third-order valence-electron chi connectivity index (χ3n) is 2.62. The molecule has 0 aliphatic carbocycles. The molecule has 1 aliphatic heterocycles. The molecule has 1 atom stereocenters. The Kier molecular flexibility index (Phi) is 7.79. The van der Waals surface area contributed by atoms with Crippen molar-refractivity contribution in [2.24, 2.45) is 5.92 Å². The second kappa shape index (κ2) is 8.23. The van der Waals surface area contributed by atoms with Gasteiger partial charge in [-0.15, -0.1) is 0 Å². The number of hydrogen-bond donors (Lipinski definition) is 1. The summed E-state index contributed by atoms with van der Waals surface area (Å²) in [5.74, 6) is 0.519. The summed E-state index contributed by atoms with van der Waals surface area (Å²) < 4.78 is 0. The first-order chi connectivity index (χ1) is 8.02. The van der Waals surface area contributed by atoms with Crippen LogP contribution in [0.15, 0.2) is 0 Å². The Morgan fingerprint density at radius 2 is 2.00 bits per heavy atom. The first-order valence-corrected chi connectivity index (χ1v) is 6.53. The van der Waals surface area contributed by atoms with Gasteiger partial charge in [0.2, 0.25) is 5.91 Å². The lowest BCUT2D eigenvalue weighted by molar-refractivity contribution is -0.140. The van der Waals surface area contributed by atoms with E-state index in [1.807, 2.05) is 27.7 Å². The first-order valence-electron chi connectivity index (χ1n) is 6.53. The Balaban J connectivity index is 0. The topological polar surface area (TPSA) is 49.4 Å². The molecule has 0 unspecified atom stereocenters. The Morgan fingerprint density at radius 3 is 2.47 bits per heavy atom. The molecule has 0 aromatic carbocycles. The maximum atomic E-state index is 11.9. The lowest BCUT2D eigenvalue weighted by Crippen LogP contribution is -2.56. The zero-order valence-electron chi connectivity index (χ0n) is 11.7. The van der Waals surface area contributed by atoms with Crippen molar-refractivity contribution in [3.8, 4) is 0 Å². The number of Topliss-reactive ketones (excluding diaryl/α,β-unsaturated/α-hetero) is 1. The number of rotatable bonds is 3. The normalized spacial score (nSPS) is 19.6. The highest BCUT2D eigenvalue weighted by Crippen LogP contribution is 2.10. The zero-order valence-corrected chi connectivity index (χ0v) is 11.7. The molecule has 0 aromatic heterocycles. The van der Waals surface area contributed by atoms with Gasteiger partial charge in [0.05, 0.1) is 0 Å². The number of carbonyl (C=O) groups excluding carboxylic acids is 2. The number of carbonyl (C=O) groups is 2. The largest absolute Gasteiger partial charge is 0.330 e. The molecule has 1 N–H and O–H groups in total. The number of hydrogen-bond acceptors (Lipinski definition) is 3. The molecule has 4 heteroatoms. The average molecular weight is 244 g/mol. The average Bonchev–Trinajstić information content (AvgIpc) is 2.30. The number of ketones is 1. The van der Waals surface area contributed by atoms with E-state index in [0.29, 0.717) is 25.4 Å². The molecular weight excluding hydrogens is 216 g/mol. The monoisotopic (exact) mass is 244 g/mol. The van der Waals surface area contributed by atoms with Crippen LogP contribution in [-0.2, 0) is 9.59 Å². The van der Waals surface area contributed by atoms with Gasteiger partial charge >= 0.3 is 0 Å². The van der Waals surface area contributed by atoms with E-state index in [9.17, 15) is 9.59 Å². The van der Waals surface area contributed by atoms with Gasteiger partial charge in [-0.1, -0.05) is 27.7 Å². The third kappa shape index (κ3) is 5.31. The van der Waals surface area contributed by atoms with Crippen molar-refractivity contribution in [1.29, 1.82) is 0 Å². The van der Waals surface area contributed by atoms with Crippen LogP contribution >= 0.6 is 0 Å². The molecule has 1 saturated heterocycles. The molecular formula is C13H28N2O2. The van der Waals surface area contributed by atoms with Crippen LogP contribution in [0.4, 0.5) is 0 Å². The van der Waals surface area contributed by atoms with Crippen molar-refractivity contribution in [1.82, 2.24) is 10.2 Å². The highest BCUT2D eigenvalue weighted by atomic mass is 16.2. The molecule has 1 rings (SSSR count). The van der Waals surface area contributed by atoms with Crippen molar-refractivity contribution in [3.63, 3.8) is 0 Å². The summed E-state index contributed by atoms with van der Waals surface area (Å²) in [5, 5.41) is 3.14. The highest BCUT2D eigenvalue weighted by molar-refractivity contribution is 5.88. The second-order valence-electron chi connectivity index (χ2n) is 4.52.